The number of benzene rings is 1. The fourth-order valence-electron chi connectivity index (χ4n) is 3.73. The summed E-state index contributed by atoms with van der Waals surface area (Å²) < 4.78 is 12.6. The molecule has 28 heavy (non-hydrogen) atoms. The van der Waals surface area contributed by atoms with Crippen molar-refractivity contribution in [3.8, 4) is 11.4 Å². The highest BCUT2D eigenvalue weighted by molar-refractivity contribution is 7.99. The minimum absolute atomic E-state index is 0.00873. The Morgan fingerprint density at radius 1 is 1.29 bits per heavy atom. The van der Waals surface area contributed by atoms with E-state index in [1.54, 1.807) is 11.8 Å². The molecule has 0 bridgehead atoms. The van der Waals surface area contributed by atoms with Gasteiger partial charge in [0.1, 0.15) is 11.9 Å². The summed E-state index contributed by atoms with van der Waals surface area (Å²) in [5, 5.41) is 12.4. The van der Waals surface area contributed by atoms with Crippen LogP contribution in [0.5, 0.6) is 5.75 Å². The number of ether oxygens (including phenoxy) is 2. The van der Waals surface area contributed by atoms with Crippen LogP contribution in [0.3, 0.4) is 0 Å². The maximum absolute atomic E-state index is 12.5. The molecular weight excluding hydrogens is 376 g/mol. The Labute approximate surface area is 170 Å². The summed E-state index contributed by atoms with van der Waals surface area (Å²) in [6.45, 7) is 6.65. The third kappa shape index (κ3) is 5.04. The summed E-state index contributed by atoms with van der Waals surface area (Å²) >= 11 is 1.29. The molecule has 0 spiro atoms. The van der Waals surface area contributed by atoms with E-state index in [2.05, 4.69) is 36.3 Å². The number of carbonyl (C=O) groups is 1. The molecule has 0 N–H and O–H groups in total. The number of nitrogens with zero attached hydrogens (tertiary/aromatic N) is 4. The molecule has 1 aromatic carbocycles. The van der Waals surface area contributed by atoms with Crippen LogP contribution in [-0.2, 0) is 9.53 Å². The molecule has 8 heteroatoms. The van der Waals surface area contributed by atoms with Crippen molar-refractivity contribution >= 4 is 17.7 Å². The lowest BCUT2D eigenvalue weighted by Gasteiger charge is -2.36. The molecule has 0 aliphatic heterocycles. The third-order valence-electron chi connectivity index (χ3n) is 5.32. The second-order valence-electron chi connectivity index (χ2n) is 7.71. The molecular formula is C20H28N4O3S. The zero-order valence-corrected chi connectivity index (χ0v) is 17.7. The van der Waals surface area contributed by atoms with Crippen LogP contribution in [0, 0.1) is 17.8 Å². The first-order valence-corrected chi connectivity index (χ1v) is 10.7. The van der Waals surface area contributed by atoms with Gasteiger partial charge in [-0.05, 0) is 65.3 Å². The average Bonchev–Trinajstić information content (AvgIpc) is 3.15. The van der Waals surface area contributed by atoms with Crippen molar-refractivity contribution in [2.24, 2.45) is 17.8 Å². The molecule has 0 radical (unpaired) electrons. The molecule has 1 heterocycles. The van der Waals surface area contributed by atoms with Gasteiger partial charge in [0.05, 0.1) is 18.6 Å². The maximum Gasteiger partial charge on any atom is 0.316 e. The molecule has 0 unspecified atom stereocenters. The second kappa shape index (κ2) is 9.41. The molecule has 0 saturated heterocycles. The molecule has 152 valence electrons. The normalized spacial score (nSPS) is 22.2. The fourth-order valence-corrected chi connectivity index (χ4v) is 4.40. The fraction of sp³-hybridized carbons (Fsp3) is 0.600. The van der Waals surface area contributed by atoms with E-state index in [0.717, 1.165) is 24.3 Å². The Balaban J connectivity index is 1.59. The summed E-state index contributed by atoms with van der Waals surface area (Å²) in [5.41, 5.74) is 0.808. The van der Waals surface area contributed by atoms with E-state index in [0.29, 0.717) is 22.9 Å². The van der Waals surface area contributed by atoms with Crippen molar-refractivity contribution in [3.05, 3.63) is 24.3 Å². The van der Waals surface area contributed by atoms with E-state index in [9.17, 15) is 4.79 Å². The van der Waals surface area contributed by atoms with Gasteiger partial charge in [0.25, 0.3) is 0 Å². The molecule has 1 saturated carbocycles. The molecule has 3 rings (SSSR count). The molecule has 0 amide bonds. The molecule has 1 aromatic heterocycles. The molecule has 3 atom stereocenters. The molecule has 2 aromatic rings. The highest BCUT2D eigenvalue weighted by Gasteiger charge is 2.33. The SMILES string of the molecule is COc1ccc(-n2nnnc2SCC(=O)O[C@@H]2C[C@@H](C)CC[C@@H]2C(C)C)cc1. The van der Waals surface area contributed by atoms with Crippen LogP contribution in [0.4, 0.5) is 0 Å². The van der Waals surface area contributed by atoms with Gasteiger partial charge in [-0.3, -0.25) is 4.79 Å². The van der Waals surface area contributed by atoms with E-state index in [-0.39, 0.29) is 17.8 Å². The zero-order valence-electron chi connectivity index (χ0n) is 16.9. The van der Waals surface area contributed by atoms with Gasteiger partial charge in [0, 0.05) is 0 Å². The van der Waals surface area contributed by atoms with Crippen molar-refractivity contribution in [3.63, 3.8) is 0 Å². The Kier molecular flexibility index (Phi) is 6.93. The highest BCUT2D eigenvalue weighted by Crippen LogP contribution is 2.35. The first-order chi connectivity index (χ1) is 13.5. The van der Waals surface area contributed by atoms with Crippen LogP contribution in [0.2, 0.25) is 0 Å². The Bertz CT molecular complexity index is 778. The van der Waals surface area contributed by atoms with Gasteiger partial charge < -0.3 is 9.47 Å². The summed E-state index contributed by atoms with van der Waals surface area (Å²) in [5.74, 6) is 2.29. The number of thioether (sulfide) groups is 1. The molecule has 1 fully saturated rings. The van der Waals surface area contributed by atoms with Crippen molar-refractivity contribution in [1.82, 2.24) is 20.2 Å². The van der Waals surface area contributed by atoms with E-state index in [4.69, 9.17) is 9.47 Å². The lowest BCUT2D eigenvalue weighted by Crippen LogP contribution is -2.36. The van der Waals surface area contributed by atoms with Crippen molar-refractivity contribution in [2.45, 2.75) is 51.3 Å². The van der Waals surface area contributed by atoms with Crippen molar-refractivity contribution in [2.75, 3.05) is 12.9 Å². The second-order valence-corrected chi connectivity index (χ2v) is 8.66. The van der Waals surface area contributed by atoms with E-state index < -0.39 is 0 Å². The molecule has 7 nitrogen and oxygen atoms in total. The topological polar surface area (TPSA) is 79.1 Å². The van der Waals surface area contributed by atoms with Gasteiger partial charge in [-0.25, -0.2) is 0 Å². The van der Waals surface area contributed by atoms with Gasteiger partial charge in [0.15, 0.2) is 0 Å². The first kappa shape index (κ1) is 20.6. The summed E-state index contributed by atoms with van der Waals surface area (Å²) in [6.07, 6.45) is 3.29. The monoisotopic (exact) mass is 404 g/mol. The Morgan fingerprint density at radius 2 is 2.04 bits per heavy atom. The third-order valence-corrected chi connectivity index (χ3v) is 6.21. The average molecular weight is 405 g/mol. The first-order valence-electron chi connectivity index (χ1n) is 9.73. The lowest BCUT2D eigenvalue weighted by atomic mass is 9.75. The van der Waals surface area contributed by atoms with E-state index >= 15 is 0 Å². The number of carbonyl (C=O) groups excluding carboxylic acids is 1. The molecule has 1 aliphatic carbocycles. The standard InChI is InChI=1S/C20H28N4O3S/c1-13(2)17-10-5-14(3)11-18(17)27-19(25)12-28-20-21-22-23-24(20)15-6-8-16(26-4)9-7-15/h6-9,13-14,17-18H,5,10-12H2,1-4H3/t14-,17+,18+/m0/s1. The Hall–Kier alpha value is -2.09. The summed E-state index contributed by atoms with van der Waals surface area (Å²) in [6, 6.07) is 7.43. The van der Waals surface area contributed by atoms with Crippen LogP contribution in [-0.4, -0.2) is 45.1 Å². The summed E-state index contributed by atoms with van der Waals surface area (Å²) in [7, 11) is 1.62. The molecule has 1 aliphatic rings. The highest BCUT2D eigenvalue weighted by atomic mass is 32.2. The number of hydrogen-bond acceptors (Lipinski definition) is 7. The van der Waals surface area contributed by atoms with Crippen molar-refractivity contribution in [1.29, 1.82) is 0 Å². The van der Waals surface area contributed by atoms with Gasteiger partial charge in [-0.2, -0.15) is 4.68 Å². The quantitative estimate of drug-likeness (QED) is 0.513. The number of esters is 1. The largest absolute Gasteiger partial charge is 0.497 e. The van der Waals surface area contributed by atoms with Crippen LogP contribution >= 0.6 is 11.8 Å². The number of methoxy groups -OCH3 is 1. The smallest absolute Gasteiger partial charge is 0.316 e. The maximum atomic E-state index is 12.5. The van der Waals surface area contributed by atoms with Gasteiger partial charge in [0.2, 0.25) is 5.16 Å². The predicted octanol–water partition coefficient (Wildman–Crippen LogP) is 3.77. The number of hydrogen-bond donors (Lipinski definition) is 0. The van der Waals surface area contributed by atoms with E-state index in [1.165, 1.54) is 18.2 Å². The van der Waals surface area contributed by atoms with E-state index in [1.807, 2.05) is 24.3 Å². The lowest BCUT2D eigenvalue weighted by molar-refractivity contribution is -0.152. The van der Waals surface area contributed by atoms with Gasteiger partial charge in [-0.1, -0.05) is 39.0 Å². The minimum atomic E-state index is -0.209. The number of rotatable bonds is 7. The number of tetrazole rings is 1. The van der Waals surface area contributed by atoms with Crippen LogP contribution < -0.4 is 4.74 Å². The number of aromatic nitrogens is 4. The van der Waals surface area contributed by atoms with Crippen LogP contribution in [0.1, 0.15) is 40.0 Å². The Morgan fingerprint density at radius 3 is 2.71 bits per heavy atom. The summed E-state index contributed by atoms with van der Waals surface area (Å²) in [4.78, 5) is 12.5. The van der Waals surface area contributed by atoms with Gasteiger partial charge in [-0.15, -0.1) is 5.10 Å². The van der Waals surface area contributed by atoms with Crippen LogP contribution in [0.15, 0.2) is 29.4 Å². The zero-order chi connectivity index (χ0) is 20.1. The predicted molar refractivity (Wildman–Crippen MR) is 108 cm³/mol. The van der Waals surface area contributed by atoms with Gasteiger partial charge >= 0.3 is 5.97 Å². The van der Waals surface area contributed by atoms with Crippen LogP contribution in [0.25, 0.3) is 5.69 Å². The van der Waals surface area contributed by atoms with Crippen molar-refractivity contribution < 1.29 is 14.3 Å². The minimum Gasteiger partial charge on any atom is -0.497 e.